The minimum absolute atomic E-state index is 0.0168. The summed E-state index contributed by atoms with van der Waals surface area (Å²) in [7, 11) is 0. The standard InChI is InChI=1S/C22H22F4/c1-3-4-16-5-7-17(8-6-16)18-9-10-20(22(26)13-18)19(11-12-23)14-21(25)15(2)24/h5-11,13-15H,3-4,12H2,1-2H3/b19-11+,21-14+. The minimum Gasteiger partial charge on any atom is -0.247 e. The maximum atomic E-state index is 14.6. The molecule has 4 heteroatoms. The highest BCUT2D eigenvalue weighted by atomic mass is 19.2. The van der Waals surface area contributed by atoms with Gasteiger partial charge in [0.15, 0.2) is 0 Å². The summed E-state index contributed by atoms with van der Waals surface area (Å²) in [4.78, 5) is 0. The maximum Gasteiger partial charge on any atom is 0.149 e. The monoisotopic (exact) mass is 362 g/mol. The lowest BCUT2D eigenvalue weighted by Crippen LogP contribution is -1.96. The third-order valence-electron chi connectivity index (χ3n) is 4.08. The Morgan fingerprint density at radius 3 is 2.27 bits per heavy atom. The van der Waals surface area contributed by atoms with Gasteiger partial charge < -0.3 is 0 Å². The fourth-order valence-corrected chi connectivity index (χ4v) is 2.67. The fourth-order valence-electron chi connectivity index (χ4n) is 2.67. The molecular weight excluding hydrogens is 340 g/mol. The molecule has 0 aromatic heterocycles. The molecule has 0 saturated carbocycles. The van der Waals surface area contributed by atoms with Gasteiger partial charge >= 0.3 is 0 Å². The van der Waals surface area contributed by atoms with E-state index in [2.05, 4.69) is 6.92 Å². The maximum absolute atomic E-state index is 14.6. The molecule has 0 spiro atoms. The van der Waals surface area contributed by atoms with Crippen molar-refractivity contribution in [3.8, 4) is 11.1 Å². The molecule has 26 heavy (non-hydrogen) atoms. The summed E-state index contributed by atoms with van der Waals surface area (Å²) in [6, 6.07) is 12.3. The summed E-state index contributed by atoms with van der Waals surface area (Å²) >= 11 is 0. The number of hydrogen-bond acceptors (Lipinski definition) is 0. The first-order chi connectivity index (χ1) is 12.5. The van der Waals surface area contributed by atoms with Crippen molar-refractivity contribution in [3.05, 3.63) is 77.4 Å². The predicted molar refractivity (Wildman–Crippen MR) is 99.5 cm³/mol. The number of allylic oxidation sites excluding steroid dienone is 4. The smallest absolute Gasteiger partial charge is 0.149 e. The summed E-state index contributed by atoms with van der Waals surface area (Å²) in [5.74, 6) is -1.69. The average molecular weight is 362 g/mol. The first-order valence-electron chi connectivity index (χ1n) is 8.62. The molecule has 0 aliphatic carbocycles. The average Bonchev–Trinajstić information content (AvgIpc) is 2.62. The van der Waals surface area contributed by atoms with Crippen LogP contribution in [0.4, 0.5) is 17.6 Å². The van der Waals surface area contributed by atoms with Crippen LogP contribution in [-0.2, 0) is 6.42 Å². The Kier molecular flexibility index (Phi) is 7.19. The van der Waals surface area contributed by atoms with Crippen LogP contribution in [0.2, 0.25) is 0 Å². The summed E-state index contributed by atoms with van der Waals surface area (Å²) < 4.78 is 53.9. The van der Waals surface area contributed by atoms with Crippen LogP contribution in [0, 0.1) is 5.82 Å². The molecule has 0 nitrogen and oxygen atoms in total. The van der Waals surface area contributed by atoms with Crippen molar-refractivity contribution in [3.63, 3.8) is 0 Å². The van der Waals surface area contributed by atoms with E-state index in [9.17, 15) is 17.6 Å². The summed E-state index contributed by atoms with van der Waals surface area (Å²) in [5, 5.41) is 0. The first-order valence-corrected chi connectivity index (χ1v) is 8.62. The van der Waals surface area contributed by atoms with Crippen molar-refractivity contribution < 1.29 is 17.6 Å². The number of hydrogen-bond donors (Lipinski definition) is 0. The lowest BCUT2D eigenvalue weighted by molar-refractivity contribution is 0.350. The van der Waals surface area contributed by atoms with Gasteiger partial charge in [0, 0.05) is 5.56 Å². The van der Waals surface area contributed by atoms with Gasteiger partial charge in [0.05, 0.1) is 0 Å². The van der Waals surface area contributed by atoms with E-state index in [4.69, 9.17) is 0 Å². The zero-order valence-electron chi connectivity index (χ0n) is 14.9. The second kappa shape index (κ2) is 9.37. The van der Waals surface area contributed by atoms with Crippen molar-refractivity contribution in [2.24, 2.45) is 0 Å². The van der Waals surface area contributed by atoms with Gasteiger partial charge in [0.25, 0.3) is 0 Å². The van der Waals surface area contributed by atoms with Crippen molar-refractivity contribution in [1.82, 2.24) is 0 Å². The van der Waals surface area contributed by atoms with Gasteiger partial charge in [-0.15, -0.1) is 0 Å². The topological polar surface area (TPSA) is 0 Å². The van der Waals surface area contributed by atoms with E-state index in [0.29, 0.717) is 5.56 Å². The zero-order valence-corrected chi connectivity index (χ0v) is 14.9. The third-order valence-corrected chi connectivity index (χ3v) is 4.08. The second-order valence-electron chi connectivity index (χ2n) is 6.10. The van der Waals surface area contributed by atoms with Crippen LogP contribution < -0.4 is 0 Å². The van der Waals surface area contributed by atoms with Crippen molar-refractivity contribution >= 4 is 5.57 Å². The Bertz CT molecular complexity index is 786. The molecule has 0 N–H and O–H groups in total. The van der Waals surface area contributed by atoms with E-state index in [0.717, 1.165) is 37.5 Å². The largest absolute Gasteiger partial charge is 0.247 e. The molecule has 0 saturated heterocycles. The van der Waals surface area contributed by atoms with Gasteiger partial charge in [-0.1, -0.05) is 49.7 Å². The number of halogens is 4. The van der Waals surface area contributed by atoms with Crippen molar-refractivity contribution in [2.75, 3.05) is 6.67 Å². The van der Waals surface area contributed by atoms with Crippen LogP contribution in [0.25, 0.3) is 16.7 Å². The van der Waals surface area contributed by atoms with Crippen LogP contribution in [0.5, 0.6) is 0 Å². The molecule has 0 fully saturated rings. The zero-order chi connectivity index (χ0) is 19.1. The summed E-state index contributed by atoms with van der Waals surface area (Å²) in [6.45, 7) is 2.23. The molecule has 0 aliphatic rings. The van der Waals surface area contributed by atoms with Crippen molar-refractivity contribution in [2.45, 2.75) is 32.9 Å². The molecule has 0 heterocycles. The number of rotatable bonds is 7. The Labute approximate surface area is 151 Å². The van der Waals surface area contributed by atoms with E-state index >= 15 is 0 Å². The lowest BCUT2D eigenvalue weighted by atomic mass is 9.97. The van der Waals surface area contributed by atoms with Gasteiger partial charge in [0.2, 0.25) is 0 Å². The van der Waals surface area contributed by atoms with Gasteiger partial charge in [-0.2, -0.15) is 0 Å². The predicted octanol–water partition coefficient (Wildman–Crippen LogP) is 7.01. The molecule has 2 aromatic carbocycles. The Morgan fingerprint density at radius 2 is 1.73 bits per heavy atom. The van der Waals surface area contributed by atoms with E-state index in [1.165, 1.54) is 17.7 Å². The van der Waals surface area contributed by atoms with E-state index in [1.54, 1.807) is 6.07 Å². The highest BCUT2D eigenvalue weighted by Crippen LogP contribution is 2.28. The molecule has 0 radical (unpaired) electrons. The van der Waals surface area contributed by atoms with Gasteiger partial charge in [0.1, 0.15) is 24.5 Å². The van der Waals surface area contributed by atoms with E-state index in [-0.39, 0.29) is 11.1 Å². The lowest BCUT2D eigenvalue weighted by Gasteiger charge is -2.09. The van der Waals surface area contributed by atoms with Gasteiger partial charge in [-0.3, -0.25) is 0 Å². The summed E-state index contributed by atoms with van der Waals surface area (Å²) in [6.07, 6.45) is 2.06. The molecule has 2 rings (SSSR count). The summed E-state index contributed by atoms with van der Waals surface area (Å²) in [5.41, 5.74) is 2.74. The number of aryl methyl sites for hydroxylation is 1. The van der Waals surface area contributed by atoms with Gasteiger partial charge in [-0.25, -0.2) is 17.6 Å². The van der Waals surface area contributed by atoms with Crippen LogP contribution in [0.3, 0.4) is 0 Å². The highest BCUT2D eigenvalue weighted by Gasteiger charge is 2.12. The quantitative estimate of drug-likeness (QED) is 0.367. The van der Waals surface area contributed by atoms with E-state index in [1.807, 2.05) is 24.3 Å². The number of benzene rings is 2. The fraction of sp³-hybridized carbons (Fsp3) is 0.273. The van der Waals surface area contributed by atoms with E-state index < -0.39 is 24.5 Å². The molecule has 0 aliphatic heterocycles. The molecule has 0 amide bonds. The van der Waals surface area contributed by atoms with Crippen LogP contribution >= 0.6 is 0 Å². The molecule has 1 unspecified atom stereocenters. The highest BCUT2D eigenvalue weighted by molar-refractivity contribution is 5.77. The van der Waals surface area contributed by atoms with Crippen molar-refractivity contribution in [1.29, 1.82) is 0 Å². The second-order valence-corrected chi connectivity index (χ2v) is 6.10. The number of alkyl halides is 2. The SMILES string of the molecule is CCCc1ccc(-c2ccc(C(=C/CF)/C=C(/F)C(C)F)c(F)c2)cc1. The first kappa shape index (κ1) is 20.0. The Morgan fingerprint density at radius 1 is 1.08 bits per heavy atom. The van der Waals surface area contributed by atoms with Crippen LogP contribution in [0.1, 0.15) is 31.4 Å². The Balaban J connectivity index is 2.35. The van der Waals surface area contributed by atoms with Crippen LogP contribution in [-0.4, -0.2) is 12.8 Å². The molecule has 138 valence electrons. The molecular formula is C22H22F4. The molecule has 1 atom stereocenters. The Hall–Kier alpha value is -2.36. The third kappa shape index (κ3) is 5.07. The van der Waals surface area contributed by atoms with Gasteiger partial charge in [-0.05, 0) is 53.8 Å². The van der Waals surface area contributed by atoms with Crippen LogP contribution in [0.15, 0.2) is 60.4 Å². The minimum atomic E-state index is -1.83. The molecule has 2 aromatic rings. The normalized spacial score (nSPS) is 13.8. The molecule has 0 bridgehead atoms.